The van der Waals surface area contributed by atoms with Gasteiger partial charge in [0.1, 0.15) is 9.84 Å². The van der Waals surface area contributed by atoms with Crippen molar-refractivity contribution in [1.29, 1.82) is 0 Å². The van der Waals surface area contributed by atoms with Gasteiger partial charge in [-0.1, -0.05) is 53.2 Å². The van der Waals surface area contributed by atoms with E-state index in [1.165, 1.54) is 12.7 Å². The molecular weight excluding hydrogens is 258 g/mol. The van der Waals surface area contributed by atoms with Crippen LogP contribution >= 0.6 is 0 Å². The number of likely N-dealkylation sites (N-methyl/N-ethyl adjacent to an activating group) is 1. The van der Waals surface area contributed by atoms with Gasteiger partial charge in [0, 0.05) is 12.8 Å². The Kier molecular flexibility index (Phi) is 22.0. The Bertz CT molecular complexity index is 272. The maximum atomic E-state index is 10.9. The molecule has 19 heavy (non-hydrogen) atoms. The van der Waals surface area contributed by atoms with Crippen molar-refractivity contribution in [3.8, 4) is 0 Å². The summed E-state index contributed by atoms with van der Waals surface area (Å²) >= 11 is 0. The fraction of sp³-hybridized carbons (Fsp3) is 0.867. The molecule has 0 aromatic carbocycles. The molecule has 0 heterocycles. The number of nitrogens with zero attached hydrogens (tertiary/aromatic N) is 1. The van der Waals surface area contributed by atoms with Crippen molar-refractivity contribution < 1.29 is 8.42 Å². The Hall–Kier alpha value is -0.350. The molecule has 0 atom stereocenters. The van der Waals surface area contributed by atoms with Crippen LogP contribution in [0.25, 0.3) is 0 Å². The van der Waals surface area contributed by atoms with Crippen LogP contribution in [0, 0.1) is 0 Å². The van der Waals surface area contributed by atoms with Crippen molar-refractivity contribution in [1.82, 2.24) is 4.90 Å². The van der Waals surface area contributed by atoms with Gasteiger partial charge in [0.05, 0.1) is 5.75 Å². The maximum Gasteiger partial charge on any atom is 0.147 e. The minimum absolute atomic E-state index is 0.288. The van der Waals surface area contributed by atoms with Crippen LogP contribution in [0.4, 0.5) is 0 Å². The quantitative estimate of drug-likeness (QED) is 0.639. The van der Waals surface area contributed by atoms with E-state index < -0.39 is 9.84 Å². The summed E-state index contributed by atoms with van der Waals surface area (Å²) in [6.07, 6.45) is 8.62. The lowest BCUT2D eigenvalue weighted by Gasteiger charge is -2.13. The van der Waals surface area contributed by atoms with Crippen molar-refractivity contribution in [3.05, 3.63) is 12.2 Å². The molecule has 0 aromatic rings. The first-order valence-corrected chi connectivity index (χ1v) is 9.53. The Morgan fingerprint density at radius 3 is 2.00 bits per heavy atom. The highest BCUT2D eigenvalue weighted by atomic mass is 32.2. The Labute approximate surface area is 122 Å². The van der Waals surface area contributed by atoms with Crippen molar-refractivity contribution in [2.75, 3.05) is 32.1 Å². The van der Waals surface area contributed by atoms with E-state index in [1.807, 2.05) is 34.7 Å². The van der Waals surface area contributed by atoms with Crippen LogP contribution in [-0.2, 0) is 9.84 Å². The van der Waals surface area contributed by atoms with Gasteiger partial charge >= 0.3 is 0 Å². The van der Waals surface area contributed by atoms with E-state index >= 15 is 0 Å². The van der Waals surface area contributed by atoms with Crippen LogP contribution in [0.5, 0.6) is 0 Å². The molecule has 0 spiro atoms. The largest absolute Gasteiger partial charge is 0.303 e. The zero-order valence-corrected chi connectivity index (χ0v) is 14.9. The van der Waals surface area contributed by atoms with Gasteiger partial charge in [0.15, 0.2) is 0 Å². The number of unbranched alkanes of at least 4 members (excludes halogenated alkanes) is 1. The number of hydrogen-bond acceptors (Lipinski definition) is 3. The second-order valence-corrected chi connectivity index (χ2v) is 6.27. The molecule has 0 amide bonds. The van der Waals surface area contributed by atoms with Crippen LogP contribution < -0.4 is 0 Å². The van der Waals surface area contributed by atoms with Gasteiger partial charge in [-0.25, -0.2) is 8.42 Å². The highest BCUT2D eigenvalue weighted by Crippen LogP contribution is 1.94. The summed E-state index contributed by atoms with van der Waals surface area (Å²) in [6, 6.07) is 0. The summed E-state index contributed by atoms with van der Waals surface area (Å²) < 4.78 is 21.8. The van der Waals surface area contributed by atoms with E-state index in [0.29, 0.717) is 0 Å². The number of sulfone groups is 1. The van der Waals surface area contributed by atoms with Crippen molar-refractivity contribution in [2.24, 2.45) is 0 Å². The van der Waals surface area contributed by atoms with Gasteiger partial charge in [-0.3, -0.25) is 0 Å². The van der Waals surface area contributed by atoms with Gasteiger partial charge in [-0.15, -0.1) is 0 Å². The summed E-state index contributed by atoms with van der Waals surface area (Å²) in [5, 5.41) is 0. The third kappa shape index (κ3) is 27.0. The molecule has 0 saturated carbocycles. The van der Waals surface area contributed by atoms with Crippen LogP contribution in [0.2, 0.25) is 0 Å². The lowest BCUT2D eigenvalue weighted by atomic mass is 10.3. The van der Waals surface area contributed by atoms with Gasteiger partial charge in [0.2, 0.25) is 0 Å². The van der Waals surface area contributed by atoms with E-state index in [4.69, 9.17) is 0 Å². The molecule has 118 valence electrons. The lowest BCUT2D eigenvalue weighted by Crippen LogP contribution is -2.21. The van der Waals surface area contributed by atoms with E-state index in [9.17, 15) is 8.42 Å². The maximum absolute atomic E-state index is 10.9. The van der Waals surface area contributed by atoms with Crippen molar-refractivity contribution >= 4 is 9.84 Å². The number of hydrogen-bond donors (Lipinski definition) is 0. The minimum atomic E-state index is -2.79. The van der Waals surface area contributed by atoms with Crippen LogP contribution in [-0.4, -0.2) is 45.5 Å². The molecule has 0 radical (unpaired) electrons. The minimum Gasteiger partial charge on any atom is -0.303 e. The van der Waals surface area contributed by atoms with Crippen LogP contribution in [0.1, 0.15) is 53.9 Å². The predicted octanol–water partition coefficient (Wildman–Crippen LogP) is 3.76. The fourth-order valence-corrected chi connectivity index (χ4v) is 1.88. The fourth-order valence-electron chi connectivity index (χ4n) is 1.23. The van der Waals surface area contributed by atoms with Crippen LogP contribution in [0.15, 0.2) is 12.2 Å². The summed E-state index contributed by atoms with van der Waals surface area (Å²) in [4.78, 5) is 2.14. The highest BCUT2D eigenvalue weighted by Gasteiger charge is 2.02. The third-order valence-electron chi connectivity index (χ3n) is 2.09. The summed E-state index contributed by atoms with van der Waals surface area (Å²) in [6.45, 7) is 11.9. The third-order valence-corrected chi connectivity index (χ3v) is 3.12. The van der Waals surface area contributed by atoms with E-state index in [-0.39, 0.29) is 5.75 Å². The molecule has 0 fully saturated rings. The Morgan fingerprint density at radius 2 is 1.58 bits per heavy atom. The van der Waals surface area contributed by atoms with Crippen molar-refractivity contribution in [3.63, 3.8) is 0 Å². The average Bonchev–Trinajstić information content (AvgIpc) is 2.38. The zero-order chi connectivity index (χ0) is 15.7. The van der Waals surface area contributed by atoms with Crippen molar-refractivity contribution in [2.45, 2.75) is 53.9 Å². The first-order valence-electron chi connectivity index (χ1n) is 7.47. The average molecular weight is 294 g/mol. The molecule has 0 aliphatic heterocycles. The topological polar surface area (TPSA) is 37.4 Å². The molecule has 0 saturated heterocycles. The number of rotatable bonds is 8. The number of allylic oxidation sites excluding steroid dienone is 1. The molecule has 3 nitrogen and oxygen atoms in total. The lowest BCUT2D eigenvalue weighted by molar-refractivity contribution is 0.370. The Balaban J connectivity index is -0.000000579. The monoisotopic (exact) mass is 293 g/mol. The van der Waals surface area contributed by atoms with Gasteiger partial charge in [-0.05, 0) is 26.4 Å². The standard InChI is InChI=1S/C11H23NO2S.2C2H6/c1-4-5-6-7-9-12(2)10-8-11-15(3,13)14;2*1-2/h6-7H,4-5,8-11H2,1-3H3;2*1-2H3/b7-6-;;. The summed E-state index contributed by atoms with van der Waals surface area (Å²) in [5.74, 6) is 0.288. The second kappa shape index (κ2) is 17.6. The van der Waals surface area contributed by atoms with E-state index in [0.717, 1.165) is 25.9 Å². The normalized spacial score (nSPS) is 10.7. The molecule has 0 rings (SSSR count). The Morgan fingerprint density at radius 1 is 1.05 bits per heavy atom. The predicted molar refractivity (Wildman–Crippen MR) is 88.6 cm³/mol. The molecule has 0 aliphatic carbocycles. The molecule has 0 aliphatic rings. The molecule has 0 unspecified atom stereocenters. The summed E-state index contributed by atoms with van der Waals surface area (Å²) in [5.41, 5.74) is 0. The SMILES string of the molecule is CC.CC.CCC/C=C\CN(C)CCCS(C)(=O)=O. The molecule has 0 aromatic heterocycles. The van der Waals surface area contributed by atoms with Gasteiger partial charge < -0.3 is 4.90 Å². The molecule has 0 bridgehead atoms. The smallest absolute Gasteiger partial charge is 0.147 e. The summed E-state index contributed by atoms with van der Waals surface area (Å²) in [7, 11) is -0.781. The highest BCUT2D eigenvalue weighted by molar-refractivity contribution is 7.90. The first kappa shape index (κ1) is 23.7. The molecule has 4 heteroatoms. The zero-order valence-electron chi connectivity index (χ0n) is 14.1. The van der Waals surface area contributed by atoms with Gasteiger partial charge in [-0.2, -0.15) is 0 Å². The first-order chi connectivity index (χ1) is 8.95. The van der Waals surface area contributed by atoms with E-state index in [1.54, 1.807) is 0 Å². The van der Waals surface area contributed by atoms with E-state index in [2.05, 4.69) is 24.0 Å². The molecular formula is C15H35NO2S. The van der Waals surface area contributed by atoms with Crippen LogP contribution in [0.3, 0.4) is 0 Å². The molecule has 0 N–H and O–H groups in total. The van der Waals surface area contributed by atoms with Gasteiger partial charge in [0.25, 0.3) is 0 Å². The second-order valence-electron chi connectivity index (χ2n) is 4.01.